The van der Waals surface area contributed by atoms with Crippen molar-refractivity contribution in [3.05, 3.63) is 41.1 Å². The summed E-state index contributed by atoms with van der Waals surface area (Å²) in [7, 11) is 0. The Morgan fingerprint density at radius 3 is 2.31 bits per heavy atom. The number of hydrogen-bond donors (Lipinski definition) is 0. The highest BCUT2D eigenvalue weighted by molar-refractivity contribution is 6.03. The third kappa shape index (κ3) is 5.30. The van der Waals surface area contributed by atoms with E-state index in [1.165, 1.54) is 6.07 Å². The average Bonchev–Trinajstić information content (AvgIpc) is 3.11. The number of esters is 1. The third-order valence-corrected chi connectivity index (χ3v) is 5.34. The molecule has 0 aliphatic carbocycles. The van der Waals surface area contributed by atoms with Gasteiger partial charge in [-0.25, -0.2) is 14.6 Å². The number of imide groups is 1. The number of ether oxygens (including phenoxy) is 1. The quantitative estimate of drug-likeness (QED) is 0.311. The smallest absolute Gasteiger partial charge is 0.382 e. The number of unbranched alkanes of at least 4 members (excludes halogenated alkanes) is 3. The summed E-state index contributed by atoms with van der Waals surface area (Å²) in [5, 5.41) is 1.27. The zero-order chi connectivity index (χ0) is 23.1. The number of rotatable bonds is 10. The number of benzene rings is 1. The molecule has 32 heavy (non-hydrogen) atoms. The van der Waals surface area contributed by atoms with E-state index in [-0.39, 0.29) is 18.5 Å². The highest BCUT2D eigenvalue weighted by atomic mass is 16.7. The molecule has 0 radical (unpaired) electrons. The van der Waals surface area contributed by atoms with Crippen LogP contribution in [0.3, 0.4) is 0 Å². The highest BCUT2D eigenvalue weighted by Crippen LogP contribution is 2.25. The first kappa shape index (κ1) is 23.4. The molecule has 0 spiro atoms. The molecule has 1 fully saturated rings. The van der Waals surface area contributed by atoms with Crippen molar-refractivity contribution >= 4 is 34.7 Å². The van der Waals surface area contributed by atoms with Crippen LogP contribution in [0.15, 0.2) is 24.3 Å². The van der Waals surface area contributed by atoms with E-state index >= 15 is 0 Å². The fourth-order valence-corrected chi connectivity index (χ4v) is 3.53. The van der Waals surface area contributed by atoms with Crippen LogP contribution in [0, 0.1) is 0 Å². The minimum atomic E-state index is -0.897. The second-order valence-corrected chi connectivity index (χ2v) is 7.77. The summed E-state index contributed by atoms with van der Waals surface area (Å²) in [4.78, 5) is 58.2. The van der Waals surface area contributed by atoms with Gasteiger partial charge in [0.2, 0.25) is 0 Å². The lowest BCUT2D eigenvalue weighted by atomic mass is 9.97. The molecule has 0 bridgehead atoms. The SMILES string of the molecule is CCCCCc1c(C(=O)OCCCC)ccc2ccc(C(=O)ON3C(=O)CCC3=O)nc12. The molecule has 0 unspecified atom stereocenters. The second kappa shape index (κ2) is 10.8. The molecule has 2 aromatic rings. The van der Waals surface area contributed by atoms with Crippen LogP contribution < -0.4 is 0 Å². The van der Waals surface area contributed by atoms with Crippen LogP contribution in [0.1, 0.15) is 85.2 Å². The molecule has 170 valence electrons. The minimum Gasteiger partial charge on any atom is -0.462 e. The number of fused-ring (bicyclic) bond motifs is 1. The predicted octanol–water partition coefficient (Wildman–Crippen LogP) is 4.15. The minimum absolute atomic E-state index is 0.0162. The van der Waals surface area contributed by atoms with Crippen LogP contribution in [0.25, 0.3) is 10.9 Å². The topological polar surface area (TPSA) is 103 Å². The molecule has 2 amide bonds. The first-order chi connectivity index (χ1) is 15.5. The molecule has 1 aliphatic heterocycles. The van der Waals surface area contributed by atoms with Gasteiger partial charge in [-0.2, -0.15) is 0 Å². The first-order valence-electron chi connectivity index (χ1n) is 11.1. The Morgan fingerprint density at radius 2 is 1.62 bits per heavy atom. The number of aromatic nitrogens is 1. The second-order valence-electron chi connectivity index (χ2n) is 7.77. The van der Waals surface area contributed by atoms with E-state index < -0.39 is 23.8 Å². The van der Waals surface area contributed by atoms with Crippen LogP contribution in [0.5, 0.6) is 0 Å². The van der Waals surface area contributed by atoms with Crippen LogP contribution in [0.4, 0.5) is 0 Å². The number of aryl methyl sites for hydroxylation is 1. The van der Waals surface area contributed by atoms with E-state index in [1.54, 1.807) is 18.2 Å². The largest absolute Gasteiger partial charge is 0.462 e. The first-order valence-corrected chi connectivity index (χ1v) is 11.1. The van der Waals surface area contributed by atoms with Gasteiger partial charge in [-0.15, -0.1) is 5.06 Å². The molecule has 8 nitrogen and oxygen atoms in total. The Kier molecular flexibility index (Phi) is 7.92. The maximum Gasteiger partial charge on any atom is 0.382 e. The normalized spacial score (nSPS) is 13.6. The van der Waals surface area contributed by atoms with Gasteiger partial charge in [0.05, 0.1) is 17.7 Å². The number of hydroxylamine groups is 2. The number of amides is 2. The summed E-state index contributed by atoms with van der Waals surface area (Å²) in [6.45, 7) is 4.46. The molecule has 8 heteroatoms. The van der Waals surface area contributed by atoms with Crippen molar-refractivity contribution in [1.29, 1.82) is 0 Å². The Morgan fingerprint density at radius 1 is 0.938 bits per heavy atom. The third-order valence-electron chi connectivity index (χ3n) is 5.34. The number of hydrogen-bond acceptors (Lipinski definition) is 7. The molecule has 0 saturated carbocycles. The maximum absolute atomic E-state index is 12.7. The lowest BCUT2D eigenvalue weighted by molar-refractivity contribution is -0.172. The summed E-state index contributed by atoms with van der Waals surface area (Å²) in [5.41, 5.74) is 1.63. The van der Waals surface area contributed by atoms with E-state index in [0.717, 1.165) is 43.1 Å². The maximum atomic E-state index is 12.7. The summed E-state index contributed by atoms with van der Waals surface area (Å²) in [6.07, 6.45) is 5.21. The van der Waals surface area contributed by atoms with Gasteiger partial charge in [-0.05, 0) is 37.0 Å². The lowest BCUT2D eigenvalue weighted by Crippen LogP contribution is -2.32. The van der Waals surface area contributed by atoms with Gasteiger partial charge in [0.1, 0.15) is 0 Å². The van der Waals surface area contributed by atoms with E-state index in [2.05, 4.69) is 11.9 Å². The summed E-state index contributed by atoms with van der Waals surface area (Å²) in [5.74, 6) is -2.41. The van der Waals surface area contributed by atoms with Gasteiger partial charge in [0.15, 0.2) is 5.69 Å². The Labute approximate surface area is 186 Å². The van der Waals surface area contributed by atoms with Crippen molar-refractivity contribution < 1.29 is 28.8 Å². The molecule has 1 aromatic carbocycles. The highest BCUT2D eigenvalue weighted by Gasteiger charge is 2.33. The van der Waals surface area contributed by atoms with Crippen molar-refractivity contribution in [2.24, 2.45) is 0 Å². The van der Waals surface area contributed by atoms with Gasteiger partial charge >= 0.3 is 11.9 Å². The van der Waals surface area contributed by atoms with E-state index in [4.69, 9.17) is 9.57 Å². The number of pyridine rings is 1. The molecule has 3 rings (SSSR count). The van der Waals surface area contributed by atoms with E-state index in [0.29, 0.717) is 29.2 Å². The van der Waals surface area contributed by atoms with Gasteiger partial charge in [-0.1, -0.05) is 45.2 Å². The van der Waals surface area contributed by atoms with Crippen molar-refractivity contribution in [1.82, 2.24) is 10.0 Å². The fourth-order valence-electron chi connectivity index (χ4n) is 3.53. The van der Waals surface area contributed by atoms with Crippen molar-refractivity contribution in [2.75, 3.05) is 6.61 Å². The van der Waals surface area contributed by atoms with Crippen molar-refractivity contribution in [2.45, 2.75) is 65.2 Å². The zero-order valence-electron chi connectivity index (χ0n) is 18.5. The Bertz CT molecular complexity index is 1020. The van der Waals surface area contributed by atoms with E-state index in [9.17, 15) is 19.2 Å². The van der Waals surface area contributed by atoms with Crippen LogP contribution in [0.2, 0.25) is 0 Å². The van der Waals surface area contributed by atoms with Gasteiger partial charge in [-0.3, -0.25) is 9.59 Å². The summed E-state index contributed by atoms with van der Waals surface area (Å²) in [6, 6.07) is 6.69. The Balaban J connectivity index is 1.94. The number of nitrogens with zero attached hydrogens (tertiary/aromatic N) is 2. The molecule has 1 aromatic heterocycles. The Hall–Kier alpha value is -3.29. The molecule has 0 atom stereocenters. The number of carbonyl (C=O) groups is 4. The summed E-state index contributed by atoms with van der Waals surface area (Å²) >= 11 is 0. The van der Waals surface area contributed by atoms with E-state index in [1.807, 2.05) is 6.92 Å². The molecule has 1 aliphatic rings. The fraction of sp³-hybridized carbons (Fsp3) is 0.458. The molecule has 0 N–H and O–H groups in total. The van der Waals surface area contributed by atoms with Crippen molar-refractivity contribution in [3.63, 3.8) is 0 Å². The van der Waals surface area contributed by atoms with Gasteiger partial charge in [0, 0.05) is 18.2 Å². The van der Waals surface area contributed by atoms with Gasteiger partial charge in [0.25, 0.3) is 11.8 Å². The monoisotopic (exact) mass is 440 g/mol. The van der Waals surface area contributed by atoms with Crippen LogP contribution >= 0.6 is 0 Å². The van der Waals surface area contributed by atoms with Crippen LogP contribution in [-0.2, 0) is 25.6 Å². The molecule has 1 saturated heterocycles. The lowest BCUT2D eigenvalue weighted by Gasteiger charge is -2.14. The standard InChI is InChI=1S/C24H28N2O6/c1-3-5-7-8-17-18(23(29)31-15-6-4-2)11-9-16-10-12-19(25-22(16)17)24(30)32-26-20(27)13-14-21(26)28/h9-12H,3-8,13-15H2,1-2H3. The molecule has 2 heterocycles. The average molecular weight is 440 g/mol. The number of carbonyl (C=O) groups excluding carboxylic acids is 4. The van der Waals surface area contributed by atoms with Crippen molar-refractivity contribution in [3.8, 4) is 0 Å². The molecular formula is C24H28N2O6. The van der Waals surface area contributed by atoms with Crippen LogP contribution in [-0.4, -0.2) is 40.4 Å². The summed E-state index contributed by atoms with van der Waals surface area (Å²) < 4.78 is 5.41. The van der Waals surface area contributed by atoms with Gasteiger partial charge < -0.3 is 9.57 Å². The molecular weight excluding hydrogens is 412 g/mol. The zero-order valence-corrected chi connectivity index (χ0v) is 18.5. The predicted molar refractivity (Wildman–Crippen MR) is 117 cm³/mol.